The lowest BCUT2D eigenvalue weighted by atomic mass is 10.3. The molecule has 1 N–H and O–H groups in total. The third-order valence-corrected chi connectivity index (χ3v) is 3.20. The molecule has 0 spiro atoms. The fourth-order valence-electron chi connectivity index (χ4n) is 1.37. The Morgan fingerprint density at radius 1 is 1.44 bits per heavy atom. The molecule has 2 rings (SSSR count). The summed E-state index contributed by atoms with van der Waals surface area (Å²) in [4.78, 5) is 24.2. The maximum atomic E-state index is 11.8. The number of amides is 1. The zero-order chi connectivity index (χ0) is 12.8. The summed E-state index contributed by atoms with van der Waals surface area (Å²) in [5, 5.41) is 5.29. The molecule has 0 bridgehead atoms. The highest BCUT2D eigenvalue weighted by Gasteiger charge is 2.11. The van der Waals surface area contributed by atoms with Crippen molar-refractivity contribution in [1.82, 2.24) is 20.3 Å². The second-order valence-electron chi connectivity index (χ2n) is 3.74. The van der Waals surface area contributed by atoms with Crippen LogP contribution in [0.15, 0.2) is 24.0 Å². The molecular formula is C12H14N4OS. The fraction of sp³-hybridized carbons (Fsp3) is 0.333. The molecular weight excluding hydrogens is 248 g/mol. The van der Waals surface area contributed by atoms with Crippen LogP contribution in [-0.2, 0) is 0 Å². The summed E-state index contributed by atoms with van der Waals surface area (Å²) in [5.74, 6) is -0.130. The van der Waals surface area contributed by atoms with E-state index in [0.717, 1.165) is 12.8 Å². The molecule has 0 fully saturated rings. The van der Waals surface area contributed by atoms with Crippen LogP contribution in [-0.4, -0.2) is 27.4 Å². The molecule has 0 aliphatic carbocycles. The Morgan fingerprint density at radius 3 is 3.06 bits per heavy atom. The smallest absolute Gasteiger partial charge is 0.270 e. The van der Waals surface area contributed by atoms with Gasteiger partial charge in [-0.25, -0.2) is 4.98 Å². The Bertz CT molecular complexity index is 512. The summed E-state index contributed by atoms with van der Waals surface area (Å²) in [6.45, 7) is 2.77. The summed E-state index contributed by atoms with van der Waals surface area (Å²) in [7, 11) is 0. The number of aromatic nitrogens is 3. The molecule has 1 amide bonds. The topological polar surface area (TPSA) is 67.8 Å². The zero-order valence-electron chi connectivity index (χ0n) is 10.1. The molecule has 0 saturated heterocycles. The van der Waals surface area contributed by atoms with Gasteiger partial charge in [0.05, 0.1) is 6.20 Å². The van der Waals surface area contributed by atoms with Gasteiger partial charge in [-0.1, -0.05) is 13.3 Å². The van der Waals surface area contributed by atoms with Gasteiger partial charge in [0.15, 0.2) is 0 Å². The maximum Gasteiger partial charge on any atom is 0.270 e. The fourth-order valence-corrected chi connectivity index (χ4v) is 2.13. The van der Waals surface area contributed by atoms with Crippen LogP contribution in [0.3, 0.4) is 0 Å². The summed E-state index contributed by atoms with van der Waals surface area (Å²) >= 11 is 1.40. The molecule has 2 heterocycles. The van der Waals surface area contributed by atoms with E-state index < -0.39 is 0 Å². The third-order valence-electron chi connectivity index (χ3n) is 2.34. The number of carbonyl (C=O) groups is 1. The average Bonchev–Trinajstić information content (AvgIpc) is 2.89. The molecule has 0 aliphatic heterocycles. The van der Waals surface area contributed by atoms with Gasteiger partial charge in [-0.2, -0.15) is 0 Å². The lowest BCUT2D eigenvalue weighted by molar-refractivity contribution is 0.0949. The Balaban J connectivity index is 2.04. The average molecular weight is 262 g/mol. The molecule has 0 atom stereocenters. The molecule has 18 heavy (non-hydrogen) atoms. The number of nitrogens with zero attached hydrogens (tertiary/aromatic N) is 3. The highest BCUT2D eigenvalue weighted by Crippen LogP contribution is 2.20. The first kappa shape index (κ1) is 12.6. The first-order valence-electron chi connectivity index (χ1n) is 5.81. The van der Waals surface area contributed by atoms with Crippen LogP contribution in [0.2, 0.25) is 0 Å². The van der Waals surface area contributed by atoms with Crippen molar-refractivity contribution in [2.45, 2.75) is 19.8 Å². The molecule has 5 nitrogen and oxygen atoms in total. The molecule has 6 heteroatoms. The third kappa shape index (κ3) is 3.10. The Kier molecular flexibility index (Phi) is 4.35. The summed E-state index contributed by atoms with van der Waals surface area (Å²) < 4.78 is 0. The van der Waals surface area contributed by atoms with Crippen LogP contribution in [0.25, 0.3) is 10.7 Å². The maximum absolute atomic E-state index is 11.8. The van der Waals surface area contributed by atoms with Crippen molar-refractivity contribution >= 4 is 17.2 Å². The number of rotatable bonds is 5. The molecule has 94 valence electrons. The van der Waals surface area contributed by atoms with Gasteiger partial charge in [0.25, 0.3) is 5.91 Å². The van der Waals surface area contributed by atoms with Gasteiger partial charge >= 0.3 is 0 Å². The number of carbonyl (C=O) groups excluding carboxylic acids is 1. The molecule has 0 saturated carbocycles. The Labute approximate surface area is 109 Å². The van der Waals surface area contributed by atoms with Gasteiger partial charge in [-0.05, 0) is 6.42 Å². The monoisotopic (exact) mass is 262 g/mol. The first-order valence-corrected chi connectivity index (χ1v) is 6.69. The normalized spacial score (nSPS) is 10.3. The molecule has 2 aromatic rings. The number of thiazole rings is 1. The van der Waals surface area contributed by atoms with Gasteiger partial charge in [0.1, 0.15) is 16.4 Å². The predicted molar refractivity (Wildman–Crippen MR) is 70.4 cm³/mol. The minimum absolute atomic E-state index is 0.130. The molecule has 0 unspecified atom stereocenters. The van der Waals surface area contributed by atoms with Crippen LogP contribution in [0.5, 0.6) is 0 Å². The van der Waals surface area contributed by atoms with E-state index in [4.69, 9.17) is 0 Å². The predicted octanol–water partition coefficient (Wildman–Crippen LogP) is 2.13. The van der Waals surface area contributed by atoms with Crippen molar-refractivity contribution in [3.63, 3.8) is 0 Å². The van der Waals surface area contributed by atoms with E-state index in [1.165, 1.54) is 11.3 Å². The SMILES string of the molecule is CCCCNC(=O)c1csc(-c2cnccn2)n1. The summed E-state index contributed by atoms with van der Waals surface area (Å²) in [6.07, 6.45) is 6.89. The Morgan fingerprint density at radius 2 is 2.33 bits per heavy atom. The lowest BCUT2D eigenvalue weighted by Gasteiger charge is -2.00. The second-order valence-corrected chi connectivity index (χ2v) is 4.60. The first-order chi connectivity index (χ1) is 8.81. The van der Waals surface area contributed by atoms with Crippen molar-refractivity contribution < 1.29 is 4.79 Å². The Hall–Kier alpha value is -1.82. The van der Waals surface area contributed by atoms with Crippen molar-refractivity contribution in [3.8, 4) is 10.7 Å². The van der Waals surface area contributed by atoms with Crippen molar-refractivity contribution in [2.75, 3.05) is 6.54 Å². The lowest BCUT2D eigenvalue weighted by Crippen LogP contribution is -2.24. The number of hydrogen-bond donors (Lipinski definition) is 1. The molecule has 0 aliphatic rings. The molecule has 2 aromatic heterocycles. The largest absolute Gasteiger partial charge is 0.351 e. The van der Waals surface area contributed by atoms with Crippen LogP contribution in [0.1, 0.15) is 30.3 Å². The van der Waals surface area contributed by atoms with E-state index in [2.05, 4.69) is 27.2 Å². The van der Waals surface area contributed by atoms with E-state index in [9.17, 15) is 4.79 Å². The minimum atomic E-state index is -0.130. The molecule has 0 aromatic carbocycles. The summed E-state index contributed by atoms with van der Waals surface area (Å²) in [6, 6.07) is 0. The summed E-state index contributed by atoms with van der Waals surface area (Å²) in [5.41, 5.74) is 1.13. The van der Waals surface area contributed by atoms with Crippen molar-refractivity contribution in [1.29, 1.82) is 0 Å². The number of hydrogen-bond acceptors (Lipinski definition) is 5. The van der Waals surface area contributed by atoms with Gasteiger partial charge in [-0.15, -0.1) is 11.3 Å². The van der Waals surface area contributed by atoms with Gasteiger partial charge < -0.3 is 5.32 Å². The number of unbranched alkanes of at least 4 members (excludes halogenated alkanes) is 1. The highest BCUT2D eigenvalue weighted by atomic mass is 32.1. The van der Waals surface area contributed by atoms with Gasteiger partial charge in [-0.3, -0.25) is 14.8 Å². The van der Waals surface area contributed by atoms with Crippen LogP contribution in [0, 0.1) is 0 Å². The zero-order valence-corrected chi connectivity index (χ0v) is 10.9. The van der Waals surface area contributed by atoms with E-state index >= 15 is 0 Å². The standard InChI is InChI=1S/C12H14N4OS/c1-2-3-4-15-11(17)10-8-18-12(16-10)9-7-13-5-6-14-9/h5-8H,2-4H2,1H3,(H,15,17). The quantitative estimate of drug-likeness (QED) is 0.838. The molecule has 0 radical (unpaired) electrons. The van der Waals surface area contributed by atoms with Gasteiger partial charge in [0.2, 0.25) is 0 Å². The second kappa shape index (κ2) is 6.20. The van der Waals surface area contributed by atoms with E-state index in [0.29, 0.717) is 22.9 Å². The van der Waals surface area contributed by atoms with Crippen LogP contribution in [0.4, 0.5) is 0 Å². The van der Waals surface area contributed by atoms with Crippen molar-refractivity contribution in [3.05, 3.63) is 29.7 Å². The van der Waals surface area contributed by atoms with Crippen molar-refractivity contribution in [2.24, 2.45) is 0 Å². The van der Waals surface area contributed by atoms with E-state index in [1.54, 1.807) is 24.0 Å². The van der Waals surface area contributed by atoms with Gasteiger partial charge in [0, 0.05) is 24.3 Å². The van der Waals surface area contributed by atoms with Crippen LogP contribution >= 0.6 is 11.3 Å². The van der Waals surface area contributed by atoms with E-state index in [-0.39, 0.29) is 5.91 Å². The highest BCUT2D eigenvalue weighted by molar-refractivity contribution is 7.13. The minimum Gasteiger partial charge on any atom is -0.351 e. The van der Waals surface area contributed by atoms with E-state index in [1.807, 2.05) is 0 Å². The van der Waals surface area contributed by atoms with Crippen LogP contribution < -0.4 is 5.32 Å². The number of nitrogens with one attached hydrogen (secondary N) is 1.